The highest BCUT2D eigenvalue weighted by atomic mass is 35.5. The number of methoxy groups -OCH3 is 1. The van der Waals surface area contributed by atoms with Gasteiger partial charge in [-0.2, -0.15) is 0 Å². The largest absolute Gasteiger partial charge is 0.381 e. The number of ether oxygens (including phenoxy) is 1. The first-order valence-electron chi connectivity index (χ1n) is 6.25. The predicted molar refractivity (Wildman–Crippen MR) is 77.9 cm³/mol. The van der Waals surface area contributed by atoms with E-state index in [-0.39, 0.29) is 0 Å². The van der Waals surface area contributed by atoms with Crippen molar-refractivity contribution in [3.05, 3.63) is 22.2 Å². The van der Waals surface area contributed by atoms with Crippen LogP contribution in [0.1, 0.15) is 25.3 Å². The van der Waals surface area contributed by atoms with Crippen molar-refractivity contribution in [2.24, 2.45) is 0 Å². The van der Waals surface area contributed by atoms with Gasteiger partial charge in [-0.25, -0.2) is 4.98 Å². The van der Waals surface area contributed by atoms with Crippen LogP contribution in [-0.4, -0.2) is 22.8 Å². The van der Waals surface area contributed by atoms with Gasteiger partial charge in [0.2, 0.25) is 5.95 Å². The lowest BCUT2D eigenvalue weighted by atomic mass is 10.2. The van der Waals surface area contributed by atoms with E-state index in [9.17, 15) is 0 Å². The monoisotopic (exact) mass is 299 g/mol. The number of fused-ring (bicyclic) bond motifs is 1. The van der Waals surface area contributed by atoms with Crippen LogP contribution >= 0.6 is 23.2 Å². The van der Waals surface area contributed by atoms with Gasteiger partial charge in [-0.15, -0.1) is 0 Å². The molecule has 2 unspecified atom stereocenters. The van der Waals surface area contributed by atoms with Crippen molar-refractivity contribution in [1.82, 2.24) is 9.55 Å². The van der Waals surface area contributed by atoms with Crippen LogP contribution in [0.15, 0.2) is 12.1 Å². The molecule has 102 valence electrons. The fourth-order valence-electron chi connectivity index (χ4n) is 2.86. The van der Waals surface area contributed by atoms with Gasteiger partial charge in [0.1, 0.15) is 0 Å². The van der Waals surface area contributed by atoms with Crippen molar-refractivity contribution in [2.75, 3.05) is 12.8 Å². The summed E-state index contributed by atoms with van der Waals surface area (Å²) in [4.78, 5) is 4.37. The van der Waals surface area contributed by atoms with Crippen LogP contribution in [-0.2, 0) is 4.74 Å². The number of aromatic nitrogens is 2. The van der Waals surface area contributed by atoms with Crippen LogP contribution in [0.4, 0.5) is 5.95 Å². The lowest BCUT2D eigenvalue weighted by Crippen LogP contribution is -2.11. The maximum Gasteiger partial charge on any atom is 0.201 e. The second-order valence-corrected chi connectivity index (χ2v) is 5.73. The van der Waals surface area contributed by atoms with E-state index in [2.05, 4.69) is 9.55 Å². The molecule has 0 amide bonds. The van der Waals surface area contributed by atoms with Crippen LogP contribution in [0.5, 0.6) is 0 Å². The molecule has 2 N–H and O–H groups in total. The average molecular weight is 300 g/mol. The number of imidazole rings is 1. The molecule has 1 aliphatic rings. The zero-order valence-electron chi connectivity index (χ0n) is 10.6. The molecule has 0 bridgehead atoms. The van der Waals surface area contributed by atoms with E-state index in [0.717, 1.165) is 30.3 Å². The number of nitrogen functional groups attached to an aromatic ring is 1. The molecule has 19 heavy (non-hydrogen) atoms. The molecule has 1 aromatic heterocycles. The van der Waals surface area contributed by atoms with Crippen molar-refractivity contribution in [3.8, 4) is 0 Å². The first-order valence-corrected chi connectivity index (χ1v) is 7.01. The summed E-state index contributed by atoms with van der Waals surface area (Å²) >= 11 is 12.1. The average Bonchev–Trinajstić information content (AvgIpc) is 2.94. The summed E-state index contributed by atoms with van der Waals surface area (Å²) in [6, 6.07) is 3.91. The third-order valence-electron chi connectivity index (χ3n) is 3.81. The Balaban J connectivity index is 2.08. The van der Waals surface area contributed by atoms with Gasteiger partial charge in [0.15, 0.2) is 0 Å². The zero-order valence-corrected chi connectivity index (χ0v) is 12.1. The predicted octanol–water partition coefficient (Wildman–Crippen LogP) is 3.67. The minimum absolute atomic E-state index is 0.296. The van der Waals surface area contributed by atoms with Gasteiger partial charge in [-0.05, 0) is 31.4 Å². The molecule has 2 atom stereocenters. The molecule has 1 saturated carbocycles. The number of anilines is 1. The molecule has 0 radical (unpaired) electrons. The quantitative estimate of drug-likeness (QED) is 0.920. The molecule has 1 aliphatic carbocycles. The molecule has 0 saturated heterocycles. The van der Waals surface area contributed by atoms with Gasteiger partial charge in [0.05, 0.1) is 27.2 Å². The molecular formula is C13H15Cl2N3O. The maximum absolute atomic E-state index is 6.09. The van der Waals surface area contributed by atoms with E-state index in [1.165, 1.54) is 0 Å². The molecule has 2 aromatic rings. The second kappa shape index (κ2) is 4.85. The normalized spacial score (nSPS) is 23.3. The van der Waals surface area contributed by atoms with Crippen molar-refractivity contribution in [2.45, 2.75) is 31.4 Å². The molecule has 4 nitrogen and oxygen atoms in total. The van der Waals surface area contributed by atoms with Crippen LogP contribution in [0, 0.1) is 0 Å². The number of hydrogen-bond donors (Lipinski definition) is 1. The molecule has 1 fully saturated rings. The zero-order chi connectivity index (χ0) is 13.6. The first kappa shape index (κ1) is 13.0. The van der Waals surface area contributed by atoms with E-state index in [0.29, 0.717) is 28.1 Å². The van der Waals surface area contributed by atoms with Crippen LogP contribution in [0.3, 0.4) is 0 Å². The first-order chi connectivity index (χ1) is 9.10. The molecule has 1 heterocycles. The van der Waals surface area contributed by atoms with Gasteiger partial charge in [-0.1, -0.05) is 23.2 Å². The third-order valence-corrected chi connectivity index (χ3v) is 4.54. The molecule has 0 aliphatic heterocycles. The smallest absolute Gasteiger partial charge is 0.201 e. The van der Waals surface area contributed by atoms with Gasteiger partial charge in [-0.3, -0.25) is 0 Å². The van der Waals surface area contributed by atoms with Gasteiger partial charge < -0.3 is 15.0 Å². The minimum Gasteiger partial charge on any atom is -0.381 e. The van der Waals surface area contributed by atoms with E-state index >= 15 is 0 Å². The highest BCUT2D eigenvalue weighted by molar-refractivity contribution is 6.42. The number of benzene rings is 1. The Morgan fingerprint density at radius 2 is 2.05 bits per heavy atom. The fourth-order valence-corrected chi connectivity index (χ4v) is 3.17. The lowest BCUT2D eigenvalue weighted by Gasteiger charge is -2.15. The van der Waals surface area contributed by atoms with Gasteiger partial charge in [0, 0.05) is 13.2 Å². The van der Waals surface area contributed by atoms with E-state index in [1.807, 2.05) is 6.07 Å². The summed E-state index contributed by atoms with van der Waals surface area (Å²) in [5.41, 5.74) is 7.77. The molecule has 6 heteroatoms. The van der Waals surface area contributed by atoms with Gasteiger partial charge >= 0.3 is 0 Å². The molecule has 0 spiro atoms. The van der Waals surface area contributed by atoms with Crippen molar-refractivity contribution < 1.29 is 4.74 Å². The summed E-state index contributed by atoms with van der Waals surface area (Å²) in [7, 11) is 1.75. The second-order valence-electron chi connectivity index (χ2n) is 4.92. The summed E-state index contributed by atoms with van der Waals surface area (Å²) in [5.74, 6) is 0.509. The fraction of sp³-hybridized carbons (Fsp3) is 0.462. The Morgan fingerprint density at radius 3 is 2.74 bits per heavy atom. The van der Waals surface area contributed by atoms with Crippen molar-refractivity contribution in [1.29, 1.82) is 0 Å². The topological polar surface area (TPSA) is 53.1 Å². The Bertz CT molecular complexity index is 626. The van der Waals surface area contributed by atoms with Crippen LogP contribution < -0.4 is 5.73 Å². The van der Waals surface area contributed by atoms with Crippen molar-refractivity contribution in [3.63, 3.8) is 0 Å². The summed E-state index contributed by atoms with van der Waals surface area (Å²) in [5, 5.41) is 1.02. The number of hydrogen-bond acceptors (Lipinski definition) is 3. The lowest BCUT2D eigenvalue weighted by molar-refractivity contribution is 0.106. The Hall–Kier alpha value is -0.970. The highest BCUT2D eigenvalue weighted by Gasteiger charge is 2.28. The number of rotatable bonds is 2. The maximum atomic E-state index is 6.09. The summed E-state index contributed by atoms with van der Waals surface area (Å²) < 4.78 is 7.46. The SMILES string of the molecule is COC1CCC(n2c(N)nc3cc(Cl)c(Cl)cc32)C1. The summed E-state index contributed by atoms with van der Waals surface area (Å²) in [6.07, 6.45) is 3.33. The minimum atomic E-state index is 0.296. The van der Waals surface area contributed by atoms with E-state index in [1.54, 1.807) is 13.2 Å². The standard InChI is InChI=1S/C13H15Cl2N3O/c1-19-8-3-2-7(4-8)18-12-6-10(15)9(14)5-11(12)17-13(18)16/h5-8H,2-4H2,1H3,(H2,16,17). The number of nitrogens with zero attached hydrogens (tertiary/aromatic N) is 2. The highest BCUT2D eigenvalue weighted by Crippen LogP contribution is 2.37. The van der Waals surface area contributed by atoms with Crippen LogP contribution in [0.25, 0.3) is 11.0 Å². The number of halogens is 2. The molecule has 1 aromatic carbocycles. The van der Waals surface area contributed by atoms with E-state index < -0.39 is 0 Å². The third kappa shape index (κ3) is 2.18. The van der Waals surface area contributed by atoms with Gasteiger partial charge in [0.25, 0.3) is 0 Å². The van der Waals surface area contributed by atoms with E-state index in [4.69, 9.17) is 33.7 Å². The Labute approximate surface area is 121 Å². The summed E-state index contributed by atoms with van der Waals surface area (Å²) in [6.45, 7) is 0. The Kier molecular flexibility index (Phi) is 3.33. The molecular weight excluding hydrogens is 285 g/mol. The Morgan fingerprint density at radius 1 is 1.32 bits per heavy atom. The van der Waals surface area contributed by atoms with Crippen molar-refractivity contribution >= 4 is 40.2 Å². The number of nitrogens with two attached hydrogens (primary N) is 1. The van der Waals surface area contributed by atoms with Crippen LogP contribution in [0.2, 0.25) is 10.0 Å². The molecule has 3 rings (SSSR count).